The summed E-state index contributed by atoms with van der Waals surface area (Å²) in [4.78, 5) is 12.5. The topological polar surface area (TPSA) is 64.2 Å². The molecule has 0 radical (unpaired) electrons. The summed E-state index contributed by atoms with van der Waals surface area (Å²) in [5.74, 6) is 2.88. The van der Waals surface area contributed by atoms with Crippen molar-refractivity contribution in [2.75, 3.05) is 18.5 Å². The highest BCUT2D eigenvalue weighted by Crippen LogP contribution is 2.32. The van der Waals surface area contributed by atoms with Gasteiger partial charge in [-0.05, 0) is 44.2 Å². The van der Waals surface area contributed by atoms with E-state index in [0.29, 0.717) is 30.9 Å². The molecule has 1 fully saturated rings. The maximum absolute atomic E-state index is 12.5. The second-order valence-corrected chi connectivity index (χ2v) is 7.26. The Morgan fingerprint density at radius 2 is 1.96 bits per heavy atom. The van der Waals surface area contributed by atoms with Crippen LogP contribution in [0, 0.1) is 11.8 Å². The fourth-order valence-electron chi connectivity index (χ4n) is 3.73. The molecule has 3 rings (SSSR count). The predicted octanol–water partition coefficient (Wildman–Crippen LogP) is 2.17. The maximum atomic E-state index is 12.5. The molecule has 1 aliphatic carbocycles. The number of nitrogens with two attached hydrogens (primary N) is 1. The first-order chi connectivity index (χ1) is 11.5. The molecule has 1 amide bonds. The monoisotopic (exact) mass is 333 g/mol. The lowest BCUT2D eigenvalue weighted by Crippen LogP contribution is -2.97. The Labute approximate surface area is 144 Å². The van der Waals surface area contributed by atoms with Crippen LogP contribution in [-0.2, 0) is 4.79 Å². The highest BCUT2D eigenvalue weighted by Gasteiger charge is 2.32. The second kappa shape index (κ2) is 7.43. The molecule has 5 nitrogen and oxygen atoms in total. The first-order valence-corrected chi connectivity index (χ1v) is 9.10. The Kier molecular flexibility index (Phi) is 5.29. The van der Waals surface area contributed by atoms with E-state index in [9.17, 15) is 4.79 Å². The SMILES string of the molecule is C[C@@H]1[C@H](C)CCC[C@H]1[NH2+][C@@H](C)C(=O)Nc1ccc2c(c1)OCCO2. The van der Waals surface area contributed by atoms with Gasteiger partial charge in [-0.1, -0.05) is 13.8 Å². The Hall–Kier alpha value is -1.75. The van der Waals surface area contributed by atoms with Gasteiger partial charge in [0.05, 0.1) is 6.04 Å². The Morgan fingerprint density at radius 1 is 1.21 bits per heavy atom. The summed E-state index contributed by atoms with van der Waals surface area (Å²) in [6.45, 7) is 7.75. The molecule has 3 N–H and O–H groups in total. The van der Waals surface area contributed by atoms with Gasteiger partial charge >= 0.3 is 0 Å². The van der Waals surface area contributed by atoms with Crippen LogP contribution in [0.1, 0.15) is 40.0 Å². The van der Waals surface area contributed by atoms with Crippen LogP contribution in [0.25, 0.3) is 0 Å². The van der Waals surface area contributed by atoms with E-state index in [-0.39, 0.29) is 11.9 Å². The van der Waals surface area contributed by atoms with Crippen molar-refractivity contribution in [1.29, 1.82) is 0 Å². The highest BCUT2D eigenvalue weighted by molar-refractivity contribution is 5.93. The van der Waals surface area contributed by atoms with Gasteiger partial charge in [-0.3, -0.25) is 4.79 Å². The summed E-state index contributed by atoms with van der Waals surface area (Å²) in [6, 6.07) is 5.99. The molecule has 0 spiro atoms. The minimum Gasteiger partial charge on any atom is -0.486 e. The number of carbonyl (C=O) groups is 1. The molecule has 0 bridgehead atoms. The van der Waals surface area contributed by atoms with Gasteiger partial charge in [0, 0.05) is 17.7 Å². The van der Waals surface area contributed by atoms with Crippen LogP contribution in [0.5, 0.6) is 11.5 Å². The van der Waals surface area contributed by atoms with Crippen LogP contribution >= 0.6 is 0 Å². The molecule has 4 atom stereocenters. The van der Waals surface area contributed by atoms with Gasteiger partial charge in [-0.2, -0.15) is 0 Å². The van der Waals surface area contributed by atoms with E-state index in [2.05, 4.69) is 24.5 Å². The molecule has 2 aliphatic rings. The minimum atomic E-state index is -0.101. The van der Waals surface area contributed by atoms with Gasteiger partial charge in [0.1, 0.15) is 13.2 Å². The number of nitrogens with one attached hydrogen (secondary N) is 1. The molecule has 1 saturated carbocycles. The average Bonchev–Trinajstić information content (AvgIpc) is 2.58. The predicted molar refractivity (Wildman–Crippen MR) is 93.4 cm³/mol. The van der Waals surface area contributed by atoms with Crippen molar-refractivity contribution in [1.82, 2.24) is 0 Å². The standard InChI is InChI=1S/C19H28N2O3/c1-12-5-4-6-16(13(12)2)20-14(3)19(22)21-15-7-8-17-18(11-15)24-10-9-23-17/h7-8,11-14,16,20H,4-6,9-10H2,1-3H3,(H,21,22)/p+1/t12-,13-,14+,16-/m1/s1. The summed E-state index contributed by atoms with van der Waals surface area (Å²) in [7, 11) is 0. The molecule has 0 aromatic heterocycles. The average molecular weight is 333 g/mol. The van der Waals surface area contributed by atoms with Crippen LogP contribution < -0.4 is 20.1 Å². The smallest absolute Gasteiger partial charge is 0.282 e. The number of amides is 1. The zero-order valence-corrected chi connectivity index (χ0v) is 14.9. The summed E-state index contributed by atoms with van der Waals surface area (Å²) in [5, 5.41) is 5.25. The van der Waals surface area contributed by atoms with E-state index in [0.717, 1.165) is 17.4 Å². The zero-order chi connectivity index (χ0) is 17.1. The molecule has 0 unspecified atom stereocenters. The maximum Gasteiger partial charge on any atom is 0.282 e. The van der Waals surface area contributed by atoms with Gasteiger partial charge in [0.25, 0.3) is 5.91 Å². The van der Waals surface area contributed by atoms with E-state index in [1.807, 2.05) is 25.1 Å². The lowest BCUT2D eigenvalue weighted by molar-refractivity contribution is -0.715. The summed E-state index contributed by atoms with van der Waals surface area (Å²) >= 11 is 0. The lowest BCUT2D eigenvalue weighted by atomic mass is 9.78. The Bertz CT molecular complexity index is 590. The van der Waals surface area contributed by atoms with Crippen LogP contribution in [0.3, 0.4) is 0 Å². The molecular weight excluding hydrogens is 304 g/mol. The van der Waals surface area contributed by atoms with Gasteiger partial charge in [-0.25, -0.2) is 0 Å². The normalized spacial score (nSPS) is 27.4. The minimum absolute atomic E-state index is 0.0390. The molecule has 1 aromatic carbocycles. The van der Waals surface area contributed by atoms with Gasteiger partial charge in [0.2, 0.25) is 0 Å². The molecule has 5 heteroatoms. The first-order valence-electron chi connectivity index (χ1n) is 9.10. The van der Waals surface area contributed by atoms with Crippen molar-refractivity contribution in [3.63, 3.8) is 0 Å². The van der Waals surface area contributed by atoms with Gasteiger partial charge in [-0.15, -0.1) is 0 Å². The third-order valence-electron chi connectivity index (χ3n) is 5.53. The highest BCUT2D eigenvalue weighted by atomic mass is 16.6. The summed E-state index contributed by atoms with van der Waals surface area (Å²) < 4.78 is 11.1. The van der Waals surface area contributed by atoms with Crippen molar-refractivity contribution >= 4 is 11.6 Å². The van der Waals surface area contributed by atoms with Crippen molar-refractivity contribution in [3.8, 4) is 11.5 Å². The van der Waals surface area contributed by atoms with Crippen LogP contribution in [0.2, 0.25) is 0 Å². The van der Waals surface area contributed by atoms with Crippen molar-refractivity contribution < 1.29 is 19.6 Å². The van der Waals surface area contributed by atoms with Gasteiger partial charge in [0.15, 0.2) is 17.5 Å². The number of carbonyl (C=O) groups excluding carboxylic acids is 1. The fourth-order valence-corrected chi connectivity index (χ4v) is 3.73. The summed E-state index contributed by atoms with van der Waals surface area (Å²) in [6.07, 6.45) is 3.78. The molecule has 0 saturated heterocycles. The number of fused-ring (bicyclic) bond motifs is 1. The largest absolute Gasteiger partial charge is 0.486 e. The van der Waals surface area contributed by atoms with Crippen molar-refractivity contribution in [2.24, 2.45) is 11.8 Å². The summed E-state index contributed by atoms with van der Waals surface area (Å²) in [5.41, 5.74) is 0.759. The molecular formula is C19H29N2O3+. The first kappa shape index (κ1) is 17.1. The zero-order valence-electron chi connectivity index (χ0n) is 14.9. The number of benzene rings is 1. The Morgan fingerprint density at radius 3 is 2.75 bits per heavy atom. The number of rotatable bonds is 4. The molecule has 24 heavy (non-hydrogen) atoms. The van der Waals surface area contributed by atoms with Crippen molar-refractivity contribution in [3.05, 3.63) is 18.2 Å². The lowest BCUT2D eigenvalue weighted by Gasteiger charge is -2.33. The molecule has 1 heterocycles. The number of ether oxygens (including phenoxy) is 2. The third-order valence-corrected chi connectivity index (χ3v) is 5.53. The van der Waals surface area contributed by atoms with Crippen LogP contribution in [0.4, 0.5) is 5.69 Å². The van der Waals surface area contributed by atoms with E-state index < -0.39 is 0 Å². The molecule has 132 valence electrons. The quantitative estimate of drug-likeness (QED) is 0.888. The molecule has 1 aliphatic heterocycles. The van der Waals surface area contributed by atoms with E-state index in [1.54, 1.807) is 0 Å². The number of hydrogen-bond donors (Lipinski definition) is 2. The third kappa shape index (κ3) is 3.83. The van der Waals surface area contributed by atoms with Crippen LogP contribution in [-0.4, -0.2) is 31.2 Å². The Balaban J connectivity index is 1.58. The number of anilines is 1. The van der Waals surface area contributed by atoms with Gasteiger partial charge < -0.3 is 20.1 Å². The second-order valence-electron chi connectivity index (χ2n) is 7.26. The number of quaternary nitrogens is 1. The van der Waals surface area contributed by atoms with E-state index in [4.69, 9.17) is 9.47 Å². The van der Waals surface area contributed by atoms with E-state index in [1.165, 1.54) is 19.3 Å². The van der Waals surface area contributed by atoms with Crippen molar-refractivity contribution in [2.45, 2.75) is 52.1 Å². The number of hydrogen-bond acceptors (Lipinski definition) is 3. The fraction of sp³-hybridized carbons (Fsp3) is 0.632. The van der Waals surface area contributed by atoms with Crippen LogP contribution in [0.15, 0.2) is 18.2 Å². The molecule has 1 aromatic rings. The van der Waals surface area contributed by atoms with E-state index >= 15 is 0 Å².